The van der Waals surface area contributed by atoms with Gasteiger partial charge in [-0.1, -0.05) is 19.1 Å². The van der Waals surface area contributed by atoms with Crippen molar-refractivity contribution in [2.24, 2.45) is 0 Å². The predicted molar refractivity (Wildman–Crippen MR) is 74.1 cm³/mol. The number of aromatic nitrogens is 2. The molecule has 0 fully saturated rings. The van der Waals surface area contributed by atoms with Crippen molar-refractivity contribution in [2.45, 2.75) is 26.8 Å². The number of rotatable bonds is 5. The van der Waals surface area contributed by atoms with Crippen molar-refractivity contribution in [1.29, 1.82) is 0 Å². The minimum atomic E-state index is -0.330. The molecule has 0 unspecified atom stereocenters. The number of nitrogens with two attached hydrogens (primary N) is 1. The summed E-state index contributed by atoms with van der Waals surface area (Å²) < 4.78 is 1.54. The fourth-order valence-corrected chi connectivity index (χ4v) is 1.76. The van der Waals surface area contributed by atoms with E-state index in [9.17, 15) is 4.79 Å². The number of hydrogen-bond acceptors (Lipinski definition) is 4. The zero-order valence-corrected chi connectivity index (χ0v) is 11.1. The molecule has 0 aliphatic carbocycles. The van der Waals surface area contributed by atoms with Gasteiger partial charge in [0.25, 0.3) is 0 Å². The van der Waals surface area contributed by atoms with Gasteiger partial charge in [-0.15, -0.1) is 0 Å². The summed E-state index contributed by atoms with van der Waals surface area (Å²) in [6, 6.07) is 1.62. The van der Waals surface area contributed by atoms with Crippen LogP contribution in [0.1, 0.15) is 20.3 Å². The molecule has 1 aromatic heterocycles. The molecule has 1 aromatic rings. The van der Waals surface area contributed by atoms with E-state index < -0.39 is 0 Å². The van der Waals surface area contributed by atoms with Crippen molar-refractivity contribution in [3.63, 3.8) is 0 Å². The van der Waals surface area contributed by atoms with Crippen LogP contribution >= 0.6 is 0 Å². The van der Waals surface area contributed by atoms with Crippen LogP contribution in [0.2, 0.25) is 0 Å². The van der Waals surface area contributed by atoms with Crippen molar-refractivity contribution >= 4 is 5.82 Å². The van der Waals surface area contributed by atoms with Gasteiger partial charge in [-0.05, 0) is 25.0 Å². The third-order valence-corrected chi connectivity index (χ3v) is 2.65. The highest BCUT2D eigenvalue weighted by Crippen LogP contribution is 2.09. The molecule has 0 aliphatic rings. The standard InChI is InChI=1S/C13H20N4O/c1-4-6-10(11(5-2)15-3)9-17-8-7-12(14)16-13(17)18/h4,6-8,15H,5,9H2,1-3H3,(H2,14,16,18)/b6-4-,11-10+. The molecule has 0 saturated carbocycles. The van der Waals surface area contributed by atoms with Gasteiger partial charge in [0.15, 0.2) is 0 Å². The Hall–Kier alpha value is -2.04. The van der Waals surface area contributed by atoms with Crippen LogP contribution in [0.3, 0.4) is 0 Å². The highest BCUT2D eigenvalue weighted by Gasteiger charge is 2.04. The van der Waals surface area contributed by atoms with Crippen LogP contribution in [-0.2, 0) is 6.54 Å². The maximum Gasteiger partial charge on any atom is 0.349 e. The van der Waals surface area contributed by atoms with Gasteiger partial charge in [-0.2, -0.15) is 4.98 Å². The summed E-state index contributed by atoms with van der Waals surface area (Å²) in [4.78, 5) is 15.4. The molecule has 0 atom stereocenters. The van der Waals surface area contributed by atoms with Crippen LogP contribution < -0.4 is 16.7 Å². The zero-order chi connectivity index (χ0) is 13.5. The second kappa shape index (κ2) is 6.64. The van der Waals surface area contributed by atoms with Gasteiger partial charge in [0.1, 0.15) is 5.82 Å². The maximum absolute atomic E-state index is 11.7. The number of hydrogen-bond donors (Lipinski definition) is 2. The summed E-state index contributed by atoms with van der Waals surface area (Å²) in [6.07, 6.45) is 6.50. The Morgan fingerprint density at radius 2 is 2.33 bits per heavy atom. The van der Waals surface area contributed by atoms with Gasteiger partial charge >= 0.3 is 5.69 Å². The summed E-state index contributed by atoms with van der Waals surface area (Å²) in [5.74, 6) is 0.247. The van der Waals surface area contributed by atoms with E-state index in [1.807, 2.05) is 26.1 Å². The molecule has 0 amide bonds. The van der Waals surface area contributed by atoms with Gasteiger partial charge in [-0.3, -0.25) is 4.57 Å². The Labute approximate surface area is 107 Å². The molecule has 18 heavy (non-hydrogen) atoms. The summed E-state index contributed by atoms with van der Waals surface area (Å²) >= 11 is 0. The summed E-state index contributed by atoms with van der Waals surface area (Å²) in [7, 11) is 1.88. The lowest BCUT2D eigenvalue weighted by atomic mass is 10.1. The lowest BCUT2D eigenvalue weighted by Gasteiger charge is -2.12. The van der Waals surface area contributed by atoms with Crippen LogP contribution in [0.15, 0.2) is 40.5 Å². The first-order chi connectivity index (χ1) is 8.62. The number of nitrogen functional groups attached to an aromatic ring is 1. The third-order valence-electron chi connectivity index (χ3n) is 2.65. The molecule has 5 nitrogen and oxygen atoms in total. The van der Waals surface area contributed by atoms with Gasteiger partial charge in [-0.25, -0.2) is 4.79 Å². The van der Waals surface area contributed by atoms with E-state index >= 15 is 0 Å². The average molecular weight is 248 g/mol. The Kier molecular flexibility index (Phi) is 5.17. The van der Waals surface area contributed by atoms with Gasteiger partial charge in [0.2, 0.25) is 0 Å². The summed E-state index contributed by atoms with van der Waals surface area (Å²) in [6.45, 7) is 4.51. The second-order valence-corrected chi connectivity index (χ2v) is 3.87. The van der Waals surface area contributed by atoms with E-state index in [0.717, 1.165) is 17.7 Å². The zero-order valence-electron chi connectivity index (χ0n) is 11.1. The van der Waals surface area contributed by atoms with Crippen molar-refractivity contribution in [3.8, 4) is 0 Å². The van der Waals surface area contributed by atoms with Crippen LogP contribution in [0.4, 0.5) is 5.82 Å². The number of anilines is 1. The van der Waals surface area contributed by atoms with Crippen molar-refractivity contribution in [3.05, 3.63) is 46.2 Å². The van der Waals surface area contributed by atoms with Gasteiger partial charge < -0.3 is 11.1 Å². The predicted octanol–water partition coefficient (Wildman–Crippen LogP) is 1.29. The molecule has 0 aromatic carbocycles. The molecule has 0 radical (unpaired) electrons. The van der Waals surface area contributed by atoms with Crippen LogP contribution in [0, 0.1) is 0 Å². The normalized spacial score (nSPS) is 12.6. The largest absolute Gasteiger partial charge is 0.391 e. The molecular formula is C13H20N4O. The van der Waals surface area contributed by atoms with Crippen molar-refractivity contribution in [1.82, 2.24) is 14.9 Å². The lowest BCUT2D eigenvalue weighted by Crippen LogP contribution is -2.24. The fourth-order valence-electron chi connectivity index (χ4n) is 1.76. The second-order valence-electron chi connectivity index (χ2n) is 3.87. The monoisotopic (exact) mass is 248 g/mol. The molecule has 0 bridgehead atoms. The molecule has 1 rings (SSSR count). The fraction of sp³-hybridized carbons (Fsp3) is 0.385. The number of nitrogens with one attached hydrogen (secondary N) is 1. The third kappa shape index (κ3) is 3.48. The molecule has 3 N–H and O–H groups in total. The van der Waals surface area contributed by atoms with E-state index in [2.05, 4.69) is 17.2 Å². The Bertz CT molecular complexity index is 508. The van der Waals surface area contributed by atoms with E-state index in [1.54, 1.807) is 16.8 Å². The van der Waals surface area contributed by atoms with Crippen molar-refractivity contribution < 1.29 is 0 Å². The quantitative estimate of drug-likeness (QED) is 0.770. The first-order valence-electron chi connectivity index (χ1n) is 5.97. The highest BCUT2D eigenvalue weighted by atomic mass is 16.1. The van der Waals surface area contributed by atoms with Crippen LogP contribution in [-0.4, -0.2) is 16.6 Å². The van der Waals surface area contributed by atoms with E-state index in [-0.39, 0.29) is 11.5 Å². The smallest absolute Gasteiger partial charge is 0.349 e. The molecule has 0 saturated heterocycles. The summed E-state index contributed by atoms with van der Waals surface area (Å²) in [5, 5.41) is 3.16. The minimum absolute atomic E-state index is 0.247. The van der Waals surface area contributed by atoms with E-state index in [1.165, 1.54) is 0 Å². The molecular weight excluding hydrogens is 228 g/mol. The van der Waals surface area contributed by atoms with E-state index in [0.29, 0.717) is 6.54 Å². The molecule has 0 spiro atoms. The molecule has 98 valence electrons. The van der Waals surface area contributed by atoms with Crippen molar-refractivity contribution in [2.75, 3.05) is 12.8 Å². The first kappa shape index (κ1) is 14.0. The van der Waals surface area contributed by atoms with Crippen LogP contribution in [0.25, 0.3) is 0 Å². The van der Waals surface area contributed by atoms with Gasteiger partial charge in [0, 0.05) is 18.9 Å². The SMILES string of the molecule is C/C=C\C(Cn1ccc(N)nc1=O)=C(\CC)NC. The summed E-state index contributed by atoms with van der Waals surface area (Å²) in [5.41, 5.74) is 7.31. The Morgan fingerprint density at radius 1 is 1.61 bits per heavy atom. The average Bonchev–Trinajstić information content (AvgIpc) is 2.34. The Morgan fingerprint density at radius 3 is 2.83 bits per heavy atom. The van der Waals surface area contributed by atoms with Gasteiger partial charge in [0.05, 0.1) is 6.54 Å². The lowest BCUT2D eigenvalue weighted by molar-refractivity contribution is 0.709. The topological polar surface area (TPSA) is 72.9 Å². The first-order valence-corrected chi connectivity index (χ1v) is 5.97. The molecule has 0 aliphatic heterocycles. The van der Waals surface area contributed by atoms with Crippen LogP contribution in [0.5, 0.6) is 0 Å². The molecule has 5 heteroatoms. The Balaban J connectivity index is 3.12. The minimum Gasteiger partial charge on any atom is -0.391 e. The highest BCUT2D eigenvalue weighted by molar-refractivity contribution is 5.26. The van der Waals surface area contributed by atoms with E-state index in [4.69, 9.17) is 5.73 Å². The number of allylic oxidation sites excluding steroid dienone is 4. The molecule has 1 heterocycles. The number of nitrogens with zero attached hydrogens (tertiary/aromatic N) is 2. The maximum atomic E-state index is 11.7.